The molecule has 9 rings (SSSR count). The molecule has 0 aromatic heterocycles. The van der Waals surface area contributed by atoms with Gasteiger partial charge in [0.2, 0.25) is 0 Å². The Hall–Kier alpha value is -7.08. The van der Waals surface area contributed by atoms with Crippen molar-refractivity contribution in [2.24, 2.45) is 0 Å². The van der Waals surface area contributed by atoms with Gasteiger partial charge in [0.05, 0.1) is 19.8 Å². The number of aryl methyl sites for hydroxylation is 1. The first kappa shape index (κ1) is 46.0. The number of carbonyl (C=O) groups is 2. The Balaban J connectivity index is 1.30. The second kappa shape index (κ2) is 20.0. The largest absolute Gasteiger partial charge is 0.357 e. The van der Waals surface area contributed by atoms with Gasteiger partial charge in [0.15, 0.2) is 11.3 Å². The van der Waals surface area contributed by atoms with Gasteiger partial charge in [0, 0.05) is 13.1 Å². The number of urea groups is 2. The number of benzene rings is 7. The summed E-state index contributed by atoms with van der Waals surface area (Å²) in [5.41, 5.74) is 12.4. The normalized spacial score (nSPS) is 18.5. The zero-order valence-corrected chi connectivity index (χ0v) is 39.1. The van der Waals surface area contributed by atoms with Crippen molar-refractivity contribution in [1.82, 2.24) is 31.1 Å². The van der Waals surface area contributed by atoms with E-state index in [4.69, 9.17) is 9.47 Å². The minimum atomic E-state index is -1.54. The van der Waals surface area contributed by atoms with Gasteiger partial charge < -0.3 is 9.47 Å². The highest BCUT2D eigenvalue weighted by Crippen LogP contribution is 2.47. The number of hydrazine groups is 2. The molecule has 4 amide bonds. The first-order valence-electron chi connectivity index (χ1n) is 23.7. The number of rotatable bonds is 19. The quantitative estimate of drug-likeness (QED) is 0.0700. The molecule has 10 nitrogen and oxygen atoms in total. The van der Waals surface area contributed by atoms with Crippen molar-refractivity contribution in [3.63, 3.8) is 0 Å². The van der Waals surface area contributed by atoms with Gasteiger partial charge >= 0.3 is 12.1 Å². The Morgan fingerprint density at radius 3 is 1.19 bits per heavy atom. The molecule has 0 spiro atoms. The molecule has 0 bridgehead atoms. The first-order chi connectivity index (χ1) is 33.3. The molecule has 2 fully saturated rings. The van der Waals surface area contributed by atoms with Crippen molar-refractivity contribution in [1.29, 1.82) is 0 Å². The SMILES string of the molecule is CCCN1C(=O)NNC1(COC(c1ccccc1)(c1ccccc1)c1ccccc1)C1(COC(c2ccccc2)(c2ccccc2)c2ccccc2)NN(Cc2ccc(C)cc2)C(=O)N1CCC. The monoisotopic (exact) mass is 904 g/mol. The van der Waals surface area contributed by atoms with E-state index in [-0.39, 0.29) is 31.8 Å². The van der Waals surface area contributed by atoms with Gasteiger partial charge in [-0.25, -0.2) is 15.0 Å². The highest BCUT2D eigenvalue weighted by molar-refractivity contribution is 5.81. The third-order valence-corrected chi connectivity index (χ3v) is 13.4. The predicted octanol–water partition coefficient (Wildman–Crippen LogP) is 10.5. The molecule has 0 saturated carbocycles. The standard InChI is InChI=1S/C58H60N6O4/c1-4-40-62-53(65)59-60-55(62,43-67-57(47-24-12-6-13-25-47,48-26-14-7-15-27-48)49-28-16-8-17-29-49)56(61-64(54(66)63(56)41-5-2)42-46-38-36-45(3)37-39-46)44-68-58(50-30-18-9-19-31-50,51-32-20-10-21-33-51)52-34-22-11-23-35-52/h6-39,60-61H,4-5,40-44H2,1-3H3,(H,59,65). The van der Waals surface area contributed by atoms with Crippen molar-refractivity contribution >= 4 is 12.1 Å². The molecule has 0 radical (unpaired) electrons. The summed E-state index contributed by atoms with van der Waals surface area (Å²) in [6, 6.07) is 68.9. The Morgan fingerprint density at radius 1 is 0.471 bits per heavy atom. The van der Waals surface area contributed by atoms with Crippen LogP contribution < -0.4 is 16.3 Å². The summed E-state index contributed by atoms with van der Waals surface area (Å²) in [4.78, 5) is 34.0. The van der Waals surface area contributed by atoms with E-state index in [1.807, 2.05) is 126 Å². The summed E-state index contributed by atoms with van der Waals surface area (Å²) in [7, 11) is 0. The van der Waals surface area contributed by atoms with E-state index in [9.17, 15) is 4.79 Å². The molecule has 2 unspecified atom stereocenters. The van der Waals surface area contributed by atoms with Crippen LogP contribution >= 0.6 is 0 Å². The maximum absolute atomic E-state index is 15.6. The van der Waals surface area contributed by atoms with E-state index in [0.717, 1.165) is 44.5 Å². The molecule has 2 aliphatic rings. The van der Waals surface area contributed by atoms with Crippen molar-refractivity contribution in [3.8, 4) is 0 Å². The van der Waals surface area contributed by atoms with Gasteiger partial charge in [-0.15, -0.1) is 0 Å². The summed E-state index contributed by atoms with van der Waals surface area (Å²) in [5.74, 6) is 0. The van der Waals surface area contributed by atoms with Crippen LogP contribution in [0.3, 0.4) is 0 Å². The molecule has 7 aromatic rings. The van der Waals surface area contributed by atoms with Crippen LogP contribution in [-0.4, -0.2) is 64.5 Å². The number of hydrogen-bond donors (Lipinski definition) is 3. The van der Waals surface area contributed by atoms with Gasteiger partial charge in [-0.3, -0.25) is 20.2 Å². The van der Waals surface area contributed by atoms with E-state index in [1.165, 1.54) is 0 Å². The zero-order chi connectivity index (χ0) is 47.0. The second-order valence-electron chi connectivity index (χ2n) is 17.7. The summed E-state index contributed by atoms with van der Waals surface area (Å²) >= 11 is 0. The molecule has 7 aromatic carbocycles. The fourth-order valence-corrected chi connectivity index (χ4v) is 10.2. The molecule has 2 heterocycles. The van der Waals surface area contributed by atoms with Crippen LogP contribution in [0.25, 0.3) is 0 Å². The number of nitrogens with one attached hydrogen (secondary N) is 3. The molecule has 0 aliphatic carbocycles. The van der Waals surface area contributed by atoms with Gasteiger partial charge in [0.1, 0.15) is 11.2 Å². The van der Waals surface area contributed by atoms with Crippen molar-refractivity contribution in [2.45, 2.75) is 62.7 Å². The average molecular weight is 905 g/mol. The third kappa shape index (κ3) is 8.24. The van der Waals surface area contributed by atoms with Crippen LogP contribution in [0.15, 0.2) is 206 Å². The van der Waals surface area contributed by atoms with Gasteiger partial charge in [0.25, 0.3) is 0 Å². The lowest BCUT2D eigenvalue weighted by atomic mass is 9.79. The fourth-order valence-electron chi connectivity index (χ4n) is 10.2. The van der Waals surface area contributed by atoms with Crippen LogP contribution in [0.1, 0.15) is 71.2 Å². The lowest BCUT2D eigenvalue weighted by Gasteiger charge is -2.54. The molecular weight excluding hydrogens is 845 g/mol. The Labute approximate surface area is 400 Å². The highest BCUT2D eigenvalue weighted by Gasteiger charge is 2.69. The van der Waals surface area contributed by atoms with Gasteiger partial charge in [-0.05, 0) is 58.7 Å². The van der Waals surface area contributed by atoms with Crippen LogP contribution in [0.2, 0.25) is 0 Å². The second-order valence-corrected chi connectivity index (χ2v) is 17.7. The highest BCUT2D eigenvalue weighted by atomic mass is 16.5. The summed E-state index contributed by atoms with van der Waals surface area (Å²) in [5, 5.41) is 1.67. The topological polar surface area (TPSA) is 98.4 Å². The fraction of sp³-hybridized carbons (Fsp3) is 0.241. The van der Waals surface area contributed by atoms with E-state index in [0.29, 0.717) is 25.9 Å². The van der Waals surface area contributed by atoms with Crippen molar-refractivity contribution in [2.75, 3.05) is 26.3 Å². The molecule has 2 aliphatic heterocycles. The van der Waals surface area contributed by atoms with Crippen molar-refractivity contribution in [3.05, 3.63) is 251 Å². The number of nitrogens with zero attached hydrogens (tertiary/aromatic N) is 3. The summed E-state index contributed by atoms with van der Waals surface area (Å²) in [6.07, 6.45) is 1.23. The first-order valence-corrected chi connectivity index (χ1v) is 23.7. The van der Waals surface area contributed by atoms with E-state index >= 15 is 4.79 Å². The van der Waals surface area contributed by atoms with E-state index in [2.05, 4.69) is 122 Å². The van der Waals surface area contributed by atoms with Crippen molar-refractivity contribution < 1.29 is 19.1 Å². The lowest BCUT2D eigenvalue weighted by molar-refractivity contribution is -0.161. The predicted molar refractivity (Wildman–Crippen MR) is 267 cm³/mol. The zero-order valence-electron chi connectivity index (χ0n) is 39.1. The van der Waals surface area contributed by atoms with Crippen LogP contribution in [0.5, 0.6) is 0 Å². The minimum absolute atomic E-state index is 0.123. The Bertz CT molecular complexity index is 2540. The number of hydrogen-bond acceptors (Lipinski definition) is 6. The third-order valence-electron chi connectivity index (χ3n) is 13.4. The maximum atomic E-state index is 15.6. The molecule has 2 saturated heterocycles. The average Bonchev–Trinajstić information content (AvgIpc) is 3.86. The molecule has 3 N–H and O–H groups in total. The van der Waals surface area contributed by atoms with Crippen LogP contribution in [-0.2, 0) is 27.2 Å². The molecule has 10 heteroatoms. The van der Waals surface area contributed by atoms with Gasteiger partial charge in [-0.2, -0.15) is 5.43 Å². The molecule has 68 heavy (non-hydrogen) atoms. The minimum Gasteiger partial charge on any atom is -0.357 e. The number of carbonyl (C=O) groups excluding carboxylic acids is 2. The maximum Gasteiger partial charge on any atom is 0.336 e. The van der Waals surface area contributed by atoms with E-state index < -0.39 is 22.5 Å². The van der Waals surface area contributed by atoms with E-state index in [1.54, 1.807) is 9.91 Å². The Kier molecular flexibility index (Phi) is 13.6. The number of amides is 4. The molecular formula is C58H60N6O4. The Morgan fingerprint density at radius 2 is 0.824 bits per heavy atom. The van der Waals surface area contributed by atoms with Crippen LogP contribution in [0.4, 0.5) is 9.59 Å². The summed E-state index contributed by atoms with van der Waals surface area (Å²) < 4.78 is 15.7. The molecule has 2 atom stereocenters. The molecule has 346 valence electrons. The van der Waals surface area contributed by atoms with Gasteiger partial charge in [-0.1, -0.05) is 226 Å². The summed E-state index contributed by atoms with van der Waals surface area (Å²) in [6.45, 7) is 6.82. The smallest absolute Gasteiger partial charge is 0.336 e. The lowest BCUT2D eigenvalue weighted by Crippen LogP contribution is -2.81. The number of ether oxygens (including phenoxy) is 2. The van der Waals surface area contributed by atoms with Crippen LogP contribution in [0, 0.1) is 6.92 Å².